The molecular formula is C18H20N2O2S. The van der Waals surface area contributed by atoms with E-state index in [-0.39, 0.29) is 11.9 Å². The molecule has 0 aliphatic heterocycles. The van der Waals surface area contributed by atoms with Crippen molar-refractivity contribution in [2.24, 2.45) is 0 Å². The molecule has 1 aromatic carbocycles. The van der Waals surface area contributed by atoms with Crippen molar-refractivity contribution in [3.8, 4) is 0 Å². The number of carbonyl (C=O) groups is 1. The minimum atomic E-state index is -0.0209. The molecule has 0 unspecified atom stereocenters. The van der Waals surface area contributed by atoms with Crippen LogP contribution in [0.5, 0.6) is 0 Å². The Kier molecular flexibility index (Phi) is 5.20. The summed E-state index contributed by atoms with van der Waals surface area (Å²) in [5.74, 6) is -0.0209. The Balaban J connectivity index is 0.000000188. The van der Waals surface area contributed by atoms with Gasteiger partial charge in [-0.1, -0.05) is 37.5 Å². The number of rotatable bonds is 2. The fraction of sp³-hybridized carbons (Fsp3) is 0.333. The molecule has 0 saturated heterocycles. The van der Waals surface area contributed by atoms with Crippen LogP contribution in [0.1, 0.15) is 47.5 Å². The van der Waals surface area contributed by atoms with Gasteiger partial charge in [0.15, 0.2) is 5.01 Å². The van der Waals surface area contributed by atoms with E-state index >= 15 is 0 Å². The van der Waals surface area contributed by atoms with Gasteiger partial charge >= 0.3 is 0 Å². The highest BCUT2D eigenvalue weighted by Crippen LogP contribution is 2.21. The van der Waals surface area contributed by atoms with Gasteiger partial charge in [0.2, 0.25) is 5.78 Å². The molecule has 0 radical (unpaired) electrons. The second-order valence-electron chi connectivity index (χ2n) is 5.71. The number of ketones is 1. The van der Waals surface area contributed by atoms with Crippen molar-refractivity contribution in [3.63, 3.8) is 0 Å². The Hall–Kier alpha value is -1.98. The smallest absolute Gasteiger partial charge is 0.223 e. The van der Waals surface area contributed by atoms with Crippen LogP contribution in [0.3, 0.4) is 0 Å². The van der Waals surface area contributed by atoms with E-state index in [0.717, 1.165) is 23.7 Å². The van der Waals surface area contributed by atoms with Crippen LogP contribution < -0.4 is 0 Å². The Labute approximate surface area is 139 Å². The molecule has 1 aliphatic rings. The predicted molar refractivity (Wildman–Crippen MR) is 92.9 cm³/mol. The molecule has 4 rings (SSSR count). The van der Waals surface area contributed by atoms with Gasteiger partial charge in [-0.25, -0.2) is 4.98 Å². The van der Waals surface area contributed by atoms with Crippen LogP contribution in [0.15, 0.2) is 42.0 Å². The second kappa shape index (κ2) is 7.53. The van der Waals surface area contributed by atoms with Crippen molar-refractivity contribution in [1.29, 1.82) is 0 Å². The van der Waals surface area contributed by atoms with Gasteiger partial charge in [-0.15, -0.1) is 11.3 Å². The fourth-order valence-electron chi connectivity index (χ4n) is 2.79. The SMILES string of the molecule is O=C(c1nccs1)c1c[nH]c2ccccc12.OC1CCCCC1. The molecule has 1 aliphatic carbocycles. The Morgan fingerprint density at radius 1 is 1.22 bits per heavy atom. The molecule has 0 spiro atoms. The van der Waals surface area contributed by atoms with Crippen molar-refractivity contribution in [2.75, 3.05) is 0 Å². The van der Waals surface area contributed by atoms with Crippen molar-refractivity contribution in [3.05, 3.63) is 52.6 Å². The van der Waals surface area contributed by atoms with Crippen LogP contribution in [0.25, 0.3) is 10.9 Å². The van der Waals surface area contributed by atoms with Gasteiger partial charge in [0.05, 0.1) is 11.7 Å². The average Bonchev–Trinajstić information content (AvgIpc) is 3.25. The lowest BCUT2D eigenvalue weighted by Gasteiger charge is -2.14. The van der Waals surface area contributed by atoms with Crippen molar-refractivity contribution >= 4 is 28.0 Å². The monoisotopic (exact) mass is 328 g/mol. The zero-order valence-electron chi connectivity index (χ0n) is 12.9. The Morgan fingerprint density at radius 2 is 2.00 bits per heavy atom. The maximum absolute atomic E-state index is 12.1. The molecule has 0 atom stereocenters. The van der Waals surface area contributed by atoms with Crippen LogP contribution >= 0.6 is 11.3 Å². The zero-order chi connectivity index (χ0) is 16.1. The first-order valence-electron chi connectivity index (χ1n) is 7.94. The van der Waals surface area contributed by atoms with Crippen molar-refractivity contribution in [2.45, 2.75) is 38.2 Å². The number of hydrogen-bond acceptors (Lipinski definition) is 4. The van der Waals surface area contributed by atoms with E-state index in [0.29, 0.717) is 10.6 Å². The average molecular weight is 328 g/mol. The molecule has 0 bridgehead atoms. The largest absolute Gasteiger partial charge is 0.393 e. The normalized spacial score (nSPS) is 15.2. The van der Waals surface area contributed by atoms with Crippen LogP contribution in [0.4, 0.5) is 0 Å². The molecule has 2 heterocycles. The summed E-state index contributed by atoms with van der Waals surface area (Å²) < 4.78 is 0. The summed E-state index contributed by atoms with van der Waals surface area (Å²) in [5, 5.41) is 12.2. The summed E-state index contributed by atoms with van der Waals surface area (Å²) in [7, 11) is 0. The maximum Gasteiger partial charge on any atom is 0.223 e. The summed E-state index contributed by atoms with van der Waals surface area (Å²) in [6, 6.07) is 7.76. The van der Waals surface area contributed by atoms with E-state index in [1.54, 1.807) is 12.4 Å². The van der Waals surface area contributed by atoms with E-state index in [1.165, 1.54) is 30.6 Å². The topological polar surface area (TPSA) is 66.0 Å². The number of hydrogen-bond donors (Lipinski definition) is 2. The number of nitrogens with one attached hydrogen (secondary N) is 1. The standard InChI is InChI=1S/C12H8N2OS.C6H12O/c15-11(12-13-5-6-16-12)9-7-14-10-4-2-1-3-8(9)10;7-6-4-2-1-3-5-6/h1-7,14H;6-7H,1-5H2. The summed E-state index contributed by atoms with van der Waals surface area (Å²) in [6.45, 7) is 0. The molecule has 120 valence electrons. The minimum absolute atomic E-state index is 0.0209. The first-order chi connectivity index (χ1) is 11.3. The number of aromatic amines is 1. The van der Waals surface area contributed by atoms with Gasteiger partial charge in [-0.2, -0.15) is 0 Å². The van der Waals surface area contributed by atoms with E-state index in [1.807, 2.05) is 29.6 Å². The molecule has 1 saturated carbocycles. The second-order valence-corrected chi connectivity index (χ2v) is 6.60. The van der Waals surface area contributed by atoms with Gasteiger partial charge in [0.25, 0.3) is 0 Å². The fourth-order valence-corrected chi connectivity index (χ4v) is 3.38. The molecule has 4 nitrogen and oxygen atoms in total. The summed E-state index contributed by atoms with van der Waals surface area (Å²) >= 11 is 1.36. The molecular weight excluding hydrogens is 308 g/mol. The quantitative estimate of drug-likeness (QED) is 0.694. The third-order valence-electron chi connectivity index (χ3n) is 4.04. The van der Waals surface area contributed by atoms with Gasteiger partial charge in [-0.3, -0.25) is 4.79 Å². The zero-order valence-corrected chi connectivity index (χ0v) is 13.7. The highest BCUT2D eigenvalue weighted by Gasteiger charge is 2.15. The number of carbonyl (C=O) groups excluding carboxylic acids is 1. The number of para-hydroxylation sites is 1. The molecule has 0 amide bonds. The minimum Gasteiger partial charge on any atom is -0.393 e. The molecule has 5 heteroatoms. The number of aliphatic hydroxyl groups is 1. The summed E-state index contributed by atoms with van der Waals surface area (Å²) in [5.41, 5.74) is 1.66. The molecule has 2 aromatic heterocycles. The number of aliphatic hydroxyl groups excluding tert-OH is 1. The summed E-state index contributed by atoms with van der Waals surface area (Å²) in [4.78, 5) is 19.2. The Morgan fingerprint density at radius 3 is 2.65 bits per heavy atom. The van der Waals surface area contributed by atoms with E-state index in [4.69, 9.17) is 5.11 Å². The van der Waals surface area contributed by atoms with Gasteiger partial charge in [-0.05, 0) is 18.9 Å². The van der Waals surface area contributed by atoms with Crippen LogP contribution in [-0.4, -0.2) is 27.0 Å². The highest BCUT2D eigenvalue weighted by atomic mass is 32.1. The first kappa shape index (κ1) is 15.9. The number of nitrogens with zero attached hydrogens (tertiary/aromatic N) is 1. The molecule has 2 N–H and O–H groups in total. The number of benzene rings is 1. The third-order valence-corrected chi connectivity index (χ3v) is 4.81. The number of fused-ring (bicyclic) bond motifs is 1. The van der Waals surface area contributed by atoms with Gasteiger partial charge in [0, 0.05) is 28.7 Å². The number of thiazole rings is 1. The Bertz CT molecular complexity index is 758. The van der Waals surface area contributed by atoms with Crippen LogP contribution in [-0.2, 0) is 0 Å². The molecule has 23 heavy (non-hydrogen) atoms. The van der Waals surface area contributed by atoms with Crippen LogP contribution in [0, 0.1) is 0 Å². The van der Waals surface area contributed by atoms with E-state index < -0.39 is 0 Å². The molecule has 1 fully saturated rings. The molecule has 3 aromatic rings. The van der Waals surface area contributed by atoms with Crippen molar-refractivity contribution < 1.29 is 9.90 Å². The lowest BCUT2D eigenvalue weighted by molar-refractivity contribution is 0.104. The number of aromatic nitrogens is 2. The first-order valence-corrected chi connectivity index (χ1v) is 8.82. The lowest BCUT2D eigenvalue weighted by Crippen LogP contribution is -2.09. The predicted octanol–water partition coefficient (Wildman–Crippen LogP) is 4.17. The lowest BCUT2D eigenvalue weighted by atomic mass is 9.98. The third kappa shape index (κ3) is 3.86. The van der Waals surface area contributed by atoms with Gasteiger partial charge < -0.3 is 10.1 Å². The summed E-state index contributed by atoms with van der Waals surface area (Å²) in [6.07, 6.45) is 9.31. The maximum atomic E-state index is 12.1. The number of H-pyrrole nitrogens is 1. The van der Waals surface area contributed by atoms with Gasteiger partial charge in [0.1, 0.15) is 0 Å². The van der Waals surface area contributed by atoms with E-state index in [2.05, 4.69) is 9.97 Å². The van der Waals surface area contributed by atoms with E-state index in [9.17, 15) is 4.79 Å². The van der Waals surface area contributed by atoms with Crippen molar-refractivity contribution in [1.82, 2.24) is 9.97 Å². The highest BCUT2D eigenvalue weighted by molar-refractivity contribution is 7.11. The van der Waals surface area contributed by atoms with Crippen LogP contribution in [0.2, 0.25) is 0 Å².